The van der Waals surface area contributed by atoms with E-state index in [1.807, 2.05) is 24.4 Å². The van der Waals surface area contributed by atoms with Gasteiger partial charge in [0.25, 0.3) is 0 Å². The predicted molar refractivity (Wildman–Crippen MR) is 73.8 cm³/mol. The first kappa shape index (κ1) is 9.79. The van der Waals surface area contributed by atoms with E-state index in [1.54, 1.807) is 11.3 Å². The number of aromatic nitrogens is 3. The van der Waals surface area contributed by atoms with E-state index >= 15 is 0 Å². The Morgan fingerprint density at radius 2 is 2.06 bits per heavy atom. The molecule has 4 aromatic rings. The van der Waals surface area contributed by atoms with E-state index in [1.165, 1.54) is 0 Å². The standard InChI is InChI=1S/C14H9N3S/c1-2-7-15-11(5-1)10-4-3-6-12-13(10)16-14-17(12)8-9-18-14/h1-9H. The fourth-order valence-electron chi connectivity index (χ4n) is 2.20. The number of fused-ring (bicyclic) bond motifs is 3. The van der Waals surface area contributed by atoms with E-state index in [2.05, 4.69) is 39.2 Å². The Kier molecular flexibility index (Phi) is 1.98. The van der Waals surface area contributed by atoms with Gasteiger partial charge < -0.3 is 0 Å². The van der Waals surface area contributed by atoms with E-state index in [4.69, 9.17) is 4.98 Å². The molecule has 3 heterocycles. The van der Waals surface area contributed by atoms with Crippen molar-refractivity contribution in [1.82, 2.24) is 14.4 Å². The Morgan fingerprint density at radius 1 is 1.06 bits per heavy atom. The van der Waals surface area contributed by atoms with Crippen LogP contribution in [0.2, 0.25) is 0 Å². The predicted octanol–water partition coefficient (Wildman–Crippen LogP) is 3.61. The molecule has 0 unspecified atom stereocenters. The maximum absolute atomic E-state index is 4.69. The third-order valence-corrected chi connectivity index (χ3v) is 3.77. The lowest BCUT2D eigenvalue weighted by molar-refractivity contribution is 1.28. The molecule has 86 valence electrons. The summed E-state index contributed by atoms with van der Waals surface area (Å²) in [6.45, 7) is 0. The second-order valence-corrected chi connectivity index (χ2v) is 4.93. The molecule has 0 aliphatic rings. The number of nitrogens with zero attached hydrogens (tertiary/aromatic N) is 3. The Hall–Kier alpha value is -2.20. The molecule has 0 saturated carbocycles. The number of pyridine rings is 1. The van der Waals surface area contributed by atoms with Gasteiger partial charge in [0, 0.05) is 23.3 Å². The molecule has 0 N–H and O–H groups in total. The summed E-state index contributed by atoms with van der Waals surface area (Å²) in [6, 6.07) is 12.2. The minimum Gasteiger partial charge on any atom is -0.290 e. The maximum atomic E-state index is 4.69. The fourth-order valence-corrected chi connectivity index (χ4v) is 2.92. The van der Waals surface area contributed by atoms with Crippen LogP contribution < -0.4 is 0 Å². The monoisotopic (exact) mass is 251 g/mol. The highest BCUT2D eigenvalue weighted by atomic mass is 32.1. The zero-order valence-corrected chi connectivity index (χ0v) is 10.3. The van der Waals surface area contributed by atoms with E-state index in [9.17, 15) is 0 Å². The largest absolute Gasteiger partial charge is 0.290 e. The summed E-state index contributed by atoms with van der Waals surface area (Å²) in [5, 5.41) is 2.05. The van der Waals surface area contributed by atoms with Crippen LogP contribution in [0.15, 0.2) is 54.2 Å². The van der Waals surface area contributed by atoms with Crippen molar-refractivity contribution in [3.63, 3.8) is 0 Å². The van der Waals surface area contributed by atoms with Gasteiger partial charge in [0.2, 0.25) is 0 Å². The van der Waals surface area contributed by atoms with Crippen LogP contribution in [0, 0.1) is 0 Å². The molecule has 18 heavy (non-hydrogen) atoms. The molecule has 0 atom stereocenters. The van der Waals surface area contributed by atoms with Crippen molar-refractivity contribution in [2.75, 3.05) is 0 Å². The lowest BCUT2D eigenvalue weighted by Crippen LogP contribution is -1.84. The van der Waals surface area contributed by atoms with Gasteiger partial charge in [0.05, 0.1) is 16.7 Å². The number of hydrogen-bond acceptors (Lipinski definition) is 3. The molecule has 4 heteroatoms. The minimum atomic E-state index is 0.967. The molecule has 0 fully saturated rings. The van der Waals surface area contributed by atoms with Crippen LogP contribution in [0.1, 0.15) is 0 Å². The van der Waals surface area contributed by atoms with Crippen LogP contribution in [-0.4, -0.2) is 14.4 Å². The summed E-state index contributed by atoms with van der Waals surface area (Å²) in [4.78, 5) is 10.1. The third kappa shape index (κ3) is 1.29. The smallest absolute Gasteiger partial charge is 0.194 e. The molecule has 0 spiro atoms. The van der Waals surface area contributed by atoms with Crippen molar-refractivity contribution < 1.29 is 0 Å². The molecule has 0 bridgehead atoms. The first-order valence-corrected chi connectivity index (χ1v) is 6.57. The van der Waals surface area contributed by atoms with E-state index in [0.29, 0.717) is 0 Å². The molecule has 0 saturated heterocycles. The van der Waals surface area contributed by atoms with Gasteiger partial charge in [-0.05, 0) is 18.2 Å². The van der Waals surface area contributed by atoms with Crippen molar-refractivity contribution in [2.45, 2.75) is 0 Å². The molecule has 0 amide bonds. The summed E-state index contributed by atoms with van der Waals surface area (Å²) in [6.07, 6.45) is 3.87. The Labute approximate surface area is 107 Å². The summed E-state index contributed by atoms with van der Waals surface area (Å²) < 4.78 is 2.12. The SMILES string of the molecule is c1ccc(-c2cccc3c2nc2sccn23)nc1. The second-order valence-electron chi connectivity index (χ2n) is 4.06. The number of imidazole rings is 1. The third-order valence-electron chi connectivity index (χ3n) is 3.01. The Bertz CT molecular complexity index is 830. The quantitative estimate of drug-likeness (QED) is 0.517. The lowest BCUT2D eigenvalue weighted by Gasteiger charge is -2.01. The molecule has 0 aliphatic carbocycles. The number of para-hydroxylation sites is 1. The van der Waals surface area contributed by atoms with Crippen LogP contribution in [0.25, 0.3) is 27.3 Å². The molecule has 1 aromatic carbocycles. The highest BCUT2D eigenvalue weighted by molar-refractivity contribution is 7.15. The Morgan fingerprint density at radius 3 is 2.94 bits per heavy atom. The summed E-state index contributed by atoms with van der Waals surface area (Å²) in [5.74, 6) is 0. The van der Waals surface area contributed by atoms with E-state index < -0.39 is 0 Å². The molecule has 0 aliphatic heterocycles. The molecule has 3 nitrogen and oxygen atoms in total. The highest BCUT2D eigenvalue weighted by Gasteiger charge is 2.10. The zero-order valence-electron chi connectivity index (χ0n) is 9.45. The van der Waals surface area contributed by atoms with E-state index in [-0.39, 0.29) is 0 Å². The van der Waals surface area contributed by atoms with Crippen LogP contribution in [0.5, 0.6) is 0 Å². The van der Waals surface area contributed by atoms with Crippen LogP contribution >= 0.6 is 11.3 Å². The van der Waals surface area contributed by atoms with Crippen molar-refractivity contribution >= 4 is 27.3 Å². The van der Waals surface area contributed by atoms with Crippen LogP contribution in [0.3, 0.4) is 0 Å². The van der Waals surface area contributed by atoms with Gasteiger partial charge in [-0.15, -0.1) is 11.3 Å². The number of hydrogen-bond donors (Lipinski definition) is 0. The zero-order chi connectivity index (χ0) is 11.9. The van der Waals surface area contributed by atoms with Crippen LogP contribution in [0.4, 0.5) is 0 Å². The molecule has 4 rings (SSSR count). The van der Waals surface area contributed by atoms with Gasteiger partial charge in [0.15, 0.2) is 4.96 Å². The topological polar surface area (TPSA) is 30.2 Å². The first-order valence-electron chi connectivity index (χ1n) is 5.69. The molecule has 3 aromatic heterocycles. The van der Waals surface area contributed by atoms with Crippen molar-refractivity contribution in [3.05, 3.63) is 54.2 Å². The van der Waals surface area contributed by atoms with Gasteiger partial charge in [-0.2, -0.15) is 0 Å². The molecular weight excluding hydrogens is 242 g/mol. The van der Waals surface area contributed by atoms with Gasteiger partial charge in [-0.1, -0.05) is 18.2 Å². The summed E-state index contributed by atoms with van der Waals surface area (Å²) >= 11 is 1.65. The summed E-state index contributed by atoms with van der Waals surface area (Å²) in [7, 11) is 0. The lowest BCUT2D eigenvalue weighted by atomic mass is 10.1. The number of thiazole rings is 1. The van der Waals surface area contributed by atoms with E-state index in [0.717, 1.165) is 27.3 Å². The van der Waals surface area contributed by atoms with Crippen molar-refractivity contribution in [2.24, 2.45) is 0 Å². The molecule has 0 radical (unpaired) electrons. The van der Waals surface area contributed by atoms with Gasteiger partial charge in [0.1, 0.15) is 0 Å². The second kappa shape index (κ2) is 3.65. The summed E-state index contributed by atoms with van der Waals surface area (Å²) in [5.41, 5.74) is 4.20. The normalized spacial score (nSPS) is 11.3. The minimum absolute atomic E-state index is 0.967. The van der Waals surface area contributed by atoms with Crippen molar-refractivity contribution in [3.8, 4) is 11.3 Å². The average molecular weight is 251 g/mol. The number of rotatable bonds is 1. The van der Waals surface area contributed by atoms with Crippen LogP contribution in [-0.2, 0) is 0 Å². The average Bonchev–Trinajstić information content (AvgIpc) is 3.00. The van der Waals surface area contributed by atoms with Gasteiger partial charge in [-0.3, -0.25) is 9.38 Å². The number of benzene rings is 1. The molecular formula is C14H9N3S. The highest BCUT2D eigenvalue weighted by Crippen LogP contribution is 2.28. The van der Waals surface area contributed by atoms with Gasteiger partial charge in [-0.25, -0.2) is 4.98 Å². The fraction of sp³-hybridized carbons (Fsp3) is 0. The first-order chi connectivity index (χ1) is 8.93. The Balaban J connectivity index is 2.12. The van der Waals surface area contributed by atoms with Gasteiger partial charge >= 0.3 is 0 Å². The van der Waals surface area contributed by atoms with Crippen molar-refractivity contribution in [1.29, 1.82) is 0 Å². The maximum Gasteiger partial charge on any atom is 0.194 e.